The van der Waals surface area contributed by atoms with Crippen molar-refractivity contribution in [3.63, 3.8) is 0 Å². The number of hydrogen-bond donors (Lipinski definition) is 1. The topological polar surface area (TPSA) is 51.3 Å². The highest BCUT2D eigenvalue weighted by Crippen LogP contribution is 2.21. The third-order valence-electron chi connectivity index (χ3n) is 3.18. The summed E-state index contributed by atoms with van der Waals surface area (Å²) in [5.74, 6) is 0.380. The van der Waals surface area contributed by atoms with E-state index in [-0.39, 0.29) is 5.97 Å². The van der Waals surface area contributed by atoms with Gasteiger partial charge in [-0.25, -0.2) is 4.79 Å². The first-order valence-electron chi connectivity index (χ1n) is 6.90. The van der Waals surface area contributed by atoms with E-state index in [0.29, 0.717) is 5.69 Å². The molecule has 114 valence electrons. The number of hydrogen-bond acceptors (Lipinski definition) is 3. The first kappa shape index (κ1) is 15.6. The van der Waals surface area contributed by atoms with Crippen LogP contribution in [-0.4, -0.2) is 25.2 Å². The van der Waals surface area contributed by atoms with Crippen molar-refractivity contribution in [2.75, 3.05) is 14.2 Å². The predicted octanol–water partition coefficient (Wildman–Crippen LogP) is 3.96. The van der Waals surface area contributed by atoms with Gasteiger partial charge in [-0.3, -0.25) is 0 Å². The number of fused-ring (bicyclic) bond motifs is 1. The maximum atomic E-state index is 11.3. The van der Waals surface area contributed by atoms with E-state index in [1.807, 2.05) is 36.4 Å². The van der Waals surface area contributed by atoms with Crippen molar-refractivity contribution in [1.29, 1.82) is 0 Å². The molecule has 0 aliphatic carbocycles. The molecular weight excluding hydrogens is 278 g/mol. The van der Waals surface area contributed by atoms with Crippen LogP contribution in [0.4, 0.5) is 0 Å². The van der Waals surface area contributed by atoms with Gasteiger partial charge in [0.1, 0.15) is 11.4 Å². The normalized spacial score (nSPS) is 9.77. The summed E-state index contributed by atoms with van der Waals surface area (Å²) >= 11 is 0. The van der Waals surface area contributed by atoms with Gasteiger partial charge in [0.2, 0.25) is 0 Å². The molecule has 1 N–H and O–H groups in total. The Morgan fingerprint density at radius 1 is 1.00 bits per heavy atom. The lowest BCUT2D eigenvalue weighted by Gasteiger charge is -1.97. The molecule has 3 rings (SSSR count). The lowest BCUT2D eigenvalue weighted by atomic mass is 10.2. The average molecular weight is 297 g/mol. The molecule has 0 saturated heterocycles. The number of benzene rings is 2. The van der Waals surface area contributed by atoms with E-state index >= 15 is 0 Å². The number of nitrogens with one attached hydrogen (secondary N) is 1. The van der Waals surface area contributed by atoms with Crippen molar-refractivity contribution in [1.82, 2.24) is 4.98 Å². The fourth-order valence-corrected chi connectivity index (χ4v) is 1.99. The van der Waals surface area contributed by atoms with Crippen LogP contribution in [0.5, 0.6) is 5.75 Å². The molecule has 1 aromatic heterocycles. The molecule has 0 spiro atoms. The molecule has 0 unspecified atom stereocenters. The minimum absolute atomic E-state index is 0.370. The van der Waals surface area contributed by atoms with Gasteiger partial charge in [-0.05, 0) is 25.1 Å². The Kier molecular flexibility index (Phi) is 5.20. The number of aryl methyl sites for hydroxylation is 1. The Morgan fingerprint density at radius 3 is 2.27 bits per heavy atom. The number of aromatic amines is 1. The van der Waals surface area contributed by atoms with Crippen LogP contribution in [0.25, 0.3) is 10.9 Å². The molecule has 0 saturated carbocycles. The van der Waals surface area contributed by atoms with Gasteiger partial charge in [0.25, 0.3) is 0 Å². The Morgan fingerprint density at radius 2 is 1.73 bits per heavy atom. The summed E-state index contributed by atoms with van der Waals surface area (Å²) in [4.78, 5) is 14.2. The van der Waals surface area contributed by atoms with Crippen molar-refractivity contribution < 1.29 is 14.3 Å². The van der Waals surface area contributed by atoms with Gasteiger partial charge in [0.15, 0.2) is 0 Å². The number of aromatic nitrogens is 1. The van der Waals surface area contributed by atoms with Gasteiger partial charge in [-0.2, -0.15) is 0 Å². The van der Waals surface area contributed by atoms with E-state index in [2.05, 4.69) is 28.8 Å². The molecule has 0 radical (unpaired) electrons. The Labute approximate surface area is 129 Å². The first-order valence-corrected chi connectivity index (χ1v) is 6.90. The van der Waals surface area contributed by atoms with E-state index in [1.165, 1.54) is 12.7 Å². The minimum Gasteiger partial charge on any atom is -0.497 e. The fourth-order valence-electron chi connectivity index (χ4n) is 1.99. The van der Waals surface area contributed by atoms with Gasteiger partial charge in [0.05, 0.1) is 14.2 Å². The zero-order valence-corrected chi connectivity index (χ0v) is 12.9. The Bertz CT molecular complexity index is 747. The zero-order valence-electron chi connectivity index (χ0n) is 12.9. The van der Waals surface area contributed by atoms with Gasteiger partial charge < -0.3 is 14.5 Å². The van der Waals surface area contributed by atoms with Gasteiger partial charge >= 0.3 is 5.97 Å². The Hall–Kier alpha value is -2.75. The second-order valence-electron chi connectivity index (χ2n) is 4.78. The number of esters is 1. The number of carbonyl (C=O) groups excluding carboxylic acids is 1. The molecular formula is C18H19NO3. The van der Waals surface area contributed by atoms with Crippen molar-refractivity contribution in [2.45, 2.75) is 6.92 Å². The predicted molar refractivity (Wildman–Crippen MR) is 87.4 cm³/mol. The quantitative estimate of drug-likeness (QED) is 0.728. The smallest absolute Gasteiger partial charge is 0.354 e. The van der Waals surface area contributed by atoms with E-state index in [0.717, 1.165) is 16.7 Å². The van der Waals surface area contributed by atoms with E-state index in [1.54, 1.807) is 13.2 Å². The number of H-pyrrole nitrogens is 1. The second kappa shape index (κ2) is 7.31. The van der Waals surface area contributed by atoms with Crippen molar-refractivity contribution >= 4 is 16.9 Å². The molecule has 2 aromatic carbocycles. The van der Waals surface area contributed by atoms with Crippen molar-refractivity contribution in [3.05, 3.63) is 65.9 Å². The number of rotatable bonds is 2. The first-order chi connectivity index (χ1) is 10.6. The number of methoxy groups -OCH3 is 2. The monoisotopic (exact) mass is 297 g/mol. The van der Waals surface area contributed by atoms with Gasteiger partial charge in [-0.1, -0.05) is 35.9 Å². The molecule has 4 heteroatoms. The summed E-state index contributed by atoms with van der Waals surface area (Å²) in [7, 11) is 2.96. The van der Waals surface area contributed by atoms with Crippen LogP contribution < -0.4 is 4.74 Å². The highest BCUT2D eigenvalue weighted by molar-refractivity contribution is 5.95. The lowest BCUT2D eigenvalue weighted by molar-refractivity contribution is 0.0595. The minimum atomic E-state index is -0.370. The lowest BCUT2D eigenvalue weighted by Crippen LogP contribution is -2.00. The second-order valence-corrected chi connectivity index (χ2v) is 4.78. The molecule has 3 aromatic rings. The van der Waals surface area contributed by atoms with Crippen LogP contribution >= 0.6 is 0 Å². The molecule has 0 fully saturated rings. The van der Waals surface area contributed by atoms with Crippen LogP contribution in [-0.2, 0) is 4.74 Å². The highest BCUT2D eigenvalue weighted by Gasteiger charge is 2.09. The van der Waals surface area contributed by atoms with Gasteiger partial charge in [-0.15, -0.1) is 0 Å². The molecule has 4 nitrogen and oxygen atoms in total. The maximum absolute atomic E-state index is 11.3. The largest absolute Gasteiger partial charge is 0.497 e. The van der Waals surface area contributed by atoms with Crippen LogP contribution in [0.15, 0.2) is 54.6 Å². The molecule has 0 bridgehead atoms. The average Bonchev–Trinajstić information content (AvgIpc) is 2.98. The van der Waals surface area contributed by atoms with Crippen LogP contribution in [0.1, 0.15) is 16.1 Å². The number of carbonyl (C=O) groups is 1. The zero-order chi connectivity index (χ0) is 15.9. The summed E-state index contributed by atoms with van der Waals surface area (Å²) in [6, 6.07) is 17.6. The fraction of sp³-hybridized carbons (Fsp3) is 0.167. The molecule has 0 atom stereocenters. The highest BCUT2D eigenvalue weighted by atomic mass is 16.5. The summed E-state index contributed by atoms with van der Waals surface area (Å²) < 4.78 is 9.70. The summed E-state index contributed by atoms with van der Waals surface area (Å²) in [5.41, 5.74) is 2.62. The van der Waals surface area contributed by atoms with Crippen molar-refractivity contribution in [2.24, 2.45) is 0 Å². The van der Waals surface area contributed by atoms with Crippen LogP contribution in [0.2, 0.25) is 0 Å². The molecule has 0 aliphatic rings. The third-order valence-corrected chi connectivity index (χ3v) is 3.18. The van der Waals surface area contributed by atoms with Crippen LogP contribution in [0, 0.1) is 6.92 Å². The van der Waals surface area contributed by atoms with E-state index in [9.17, 15) is 4.79 Å². The Balaban J connectivity index is 0.000000211. The standard InChI is InChI=1S/C11H11NO3.C7H8/c1-14-8-4-3-7-5-10(11(13)15-2)12-9(7)6-8;1-7-5-3-2-4-6-7/h3-6,12H,1-2H3;2-6H,1H3. The van der Waals surface area contributed by atoms with Crippen LogP contribution in [0.3, 0.4) is 0 Å². The molecule has 0 amide bonds. The maximum Gasteiger partial charge on any atom is 0.354 e. The van der Waals surface area contributed by atoms with E-state index < -0.39 is 0 Å². The molecule has 22 heavy (non-hydrogen) atoms. The SMILES string of the molecule is COC(=O)c1cc2ccc(OC)cc2[nH]1.Cc1ccccc1. The summed E-state index contributed by atoms with van der Waals surface area (Å²) in [6.45, 7) is 2.08. The van der Waals surface area contributed by atoms with E-state index in [4.69, 9.17) is 4.74 Å². The molecule has 0 aliphatic heterocycles. The number of ether oxygens (including phenoxy) is 2. The molecule has 1 heterocycles. The van der Waals surface area contributed by atoms with Gasteiger partial charge in [0, 0.05) is 17.0 Å². The third kappa shape index (κ3) is 3.88. The summed E-state index contributed by atoms with van der Waals surface area (Å²) in [6.07, 6.45) is 0. The van der Waals surface area contributed by atoms with Crippen molar-refractivity contribution in [3.8, 4) is 5.75 Å². The summed E-state index contributed by atoms with van der Waals surface area (Å²) in [5, 5.41) is 0.955.